The normalized spacial score (nSPS) is 13.8. The van der Waals surface area contributed by atoms with Crippen LogP contribution in [0.4, 0.5) is 0 Å². The summed E-state index contributed by atoms with van der Waals surface area (Å²) in [6.45, 7) is 0.495. The van der Waals surface area contributed by atoms with Gasteiger partial charge in [0.25, 0.3) is 0 Å². The van der Waals surface area contributed by atoms with E-state index in [0.29, 0.717) is 41.8 Å². The molecule has 3 aromatic carbocycles. The number of nitrogens with two attached hydrogens (primary N) is 5. The number of carbonyl (C=O) groups excluding carboxylic acids is 6. The standard InChI is InChI=1S/C49H63N15O6/c50-19-9-8-17-38(43(52)65)60-46(68)40(21-29-11-2-1-3-12-29)63-48(70)42(23-31-26-58-37-16-7-5-14-34(31)37)64-45(67)39(18-10-20-56-49(53)54)61-47(69)41(22-30-25-57-36-15-6-4-13-33(30)36)62-44(66)35(51)24-32-27-55-28-59-32/h1-7,11-16,25-28,35,38-42,57-58H,8-10,17-24,50-51H2,(H2,52,65)(H,55,59)(H,60,68)(H,61,69)(H,62,66)(H,63,70)(H,64,67)(H4,53,54,56)/t35-,38-,39-,40+,41+,42-/m0/s1. The van der Waals surface area contributed by atoms with Gasteiger partial charge in [-0.25, -0.2) is 4.98 Å². The van der Waals surface area contributed by atoms with Gasteiger partial charge in [0.05, 0.1) is 12.4 Å². The fraction of sp³-hybridized carbons (Fsp3) is 0.347. The molecular formula is C49H63N15O6. The molecule has 0 aliphatic rings. The van der Waals surface area contributed by atoms with Crippen LogP contribution in [-0.2, 0) is 54.5 Å². The first-order valence-electron chi connectivity index (χ1n) is 23.2. The number of aromatic amines is 3. The lowest BCUT2D eigenvalue weighted by molar-refractivity contribution is -0.135. The molecule has 21 nitrogen and oxygen atoms in total. The molecule has 70 heavy (non-hydrogen) atoms. The number of nitrogens with one attached hydrogen (secondary N) is 8. The van der Waals surface area contributed by atoms with Crippen molar-refractivity contribution in [2.45, 2.75) is 94.0 Å². The molecule has 6 atom stereocenters. The summed E-state index contributed by atoms with van der Waals surface area (Å²) in [5.74, 6) is -4.37. The number of primary amides is 1. The third kappa shape index (κ3) is 14.7. The van der Waals surface area contributed by atoms with Crippen LogP contribution < -0.4 is 55.3 Å². The van der Waals surface area contributed by atoms with Gasteiger partial charge in [-0.2, -0.15) is 0 Å². The summed E-state index contributed by atoms with van der Waals surface area (Å²) in [5.41, 5.74) is 33.2. The van der Waals surface area contributed by atoms with Crippen molar-refractivity contribution in [2.75, 3.05) is 13.1 Å². The van der Waals surface area contributed by atoms with Gasteiger partial charge in [-0.3, -0.25) is 33.8 Å². The van der Waals surface area contributed by atoms with Crippen molar-refractivity contribution < 1.29 is 28.8 Å². The molecule has 0 radical (unpaired) electrons. The molecule has 0 bridgehead atoms. The van der Waals surface area contributed by atoms with Gasteiger partial charge in [0.15, 0.2) is 5.96 Å². The highest BCUT2D eigenvalue weighted by Gasteiger charge is 2.34. The molecule has 3 heterocycles. The maximum absolute atomic E-state index is 14.7. The molecule has 0 aliphatic carbocycles. The lowest BCUT2D eigenvalue weighted by Gasteiger charge is -2.27. The lowest BCUT2D eigenvalue weighted by Crippen LogP contribution is -2.60. The molecule has 0 unspecified atom stereocenters. The van der Waals surface area contributed by atoms with Crippen LogP contribution in [-0.4, -0.2) is 111 Å². The first kappa shape index (κ1) is 51.4. The number of rotatable bonds is 27. The van der Waals surface area contributed by atoms with Crippen LogP contribution in [0.1, 0.15) is 54.5 Å². The van der Waals surface area contributed by atoms with Crippen LogP contribution in [0.5, 0.6) is 0 Å². The Morgan fingerprint density at radius 3 is 1.60 bits per heavy atom. The Labute approximate surface area is 404 Å². The second kappa shape index (κ2) is 25.4. The first-order chi connectivity index (χ1) is 33.8. The summed E-state index contributed by atoms with van der Waals surface area (Å²) in [6, 6.07) is 16.7. The van der Waals surface area contributed by atoms with Gasteiger partial charge in [0.2, 0.25) is 35.4 Å². The largest absolute Gasteiger partial charge is 0.370 e. The van der Waals surface area contributed by atoms with E-state index in [1.165, 1.54) is 6.33 Å². The minimum atomic E-state index is -1.33. The third-order valence-corrected chi connectivity index (χ3v) is 11.9. The van der Waals surface area contributed by atoms with E-state index < -0.39 is 71.7 Å². The van der Waals surface area contributed by atoms with Gasteiger partial charge in [0.1, 0.15) is 30.2 Å². The maximum Gasteiger partial charge on any atom is 0.243 e. The molecule has 0 saturated heterocycles. The minimum Gasteiger partial charge on any atom is -0.370 e. The Morgan fingerprint density at radius 2 is 1.06 bits per heavy atom. The number of imidazole rings is 1. The second-order valence-corrected chi connectivity index (χ2v) is 17.1. The van der Waals surface area contributed by atoms with Crippen molar-refractivity contribution in [3.8, 4) is 0 Å². The number of hydrogen-bond acceptors (Lipinski definition) is 10. The molecule has 0 saturated carbocycles. The number of hydrogen-bond donors (Lipinski definition) is 13. The van der Waals surface area contributed by atoms with E-state index in [2.05, 4.69) is 51.5 Å². The quantitative estimate of drug-likeness (QED) is 0.0186. The molecule has 370 valence electrons. The van der Waals surface area contributed by atoms with Crippen LogP contribution in [0.15, 0.2) is 109 Å². The van der Waals surface area contributed by atoms with Gasteiger partial charge in [-0.05, 0) is 67.5 Å². The molecule has 0 fully saturated rings. The molecule has 3 aromatic heterocycles. The second-order valence-electron chi connectivity index (χ2n) is 17.1. The SMILES string of the molecule is NCCCC[C@H](NC(=O)[C@@H](Cc1ccccc1)NC(=O)[C@H](Cc1c[nH]c2ccccc12)NC(=O)[C@H](CCCN=C(N)N)NC(=O)[C@@H](Cc1c[nH]c2ccccc12)NC(=O)[C@@H](N)Cc1cnc[nH]1)C(N)=O. The summed E-state index contributed by atoms with van der Waals surface area (Å²) in [7, 11) is 0. The zero-order valence-electron chi connectivity index (χ0n) is 38.8. The molecule has 6 rings (SSSR count). The van der Waals surface area contributed by atoms with Crippen molar-refractivity contribution in [1.82, 2.24) is 46.5 Å². The number of para-hydroxylation sites is 2. The van der Waals surface area contributed by atoms with E-state index in [4.69, 9.17) is 28.7 Å². The van der Waals surface area contributed by atoms with E-state index in [1.54, 1.807) is 42.9 Å². The number of amides is 6. The van der Waals surface area contributed by atoms with Gasteiger partial charge in [0, 0.05) is 78.3 Å². The number of unbranched alkanes of at least 4 members (excludes halogenated alkanes) is 1. The number of benzene rings is 3. The Balaban J connectivity index is 1.30. The molecule has 21 heteroatoms. The first-order valence-corrected chi connectivity index (χ1v) is 23.2. The Kier molecular flexibility index (Phi) is 18.6. The lowest BCUT2D eigenvalue weighted by atomic mass is 10.0. The van der Waals surface area contributed by atoms with Gasteiger partial charge in [-0.15, -0.1) is 0 Å². The smallest absolute Gasteiger partial charge is 0.243 e. The van der Waals surface area contributed by atoms with Crippen molar-refractivity contribution >= 4 is 63.2 Å². The third-order valence-electron chi connectivity index (χ3n) is 11.9. The maximum atomic E-state index is 14.7. The van der Waals surface area contributed by atoms with Crippen molar-refractivity contribution in [1.29, 1.82) is 0 Å². The van der Waals surface area contributed by atoms with Crippen molar-refractivity contribution in [3.05, 3.63) is 126 Å². The van der Waals surface area contributed by atoms with Crippen molar-refractivity contribution in [3.63, 3.8) is 0 Å². The van der Waals surface area contributed by atoms with Crippen LogP contribution in [0, 0.1) is 0 Å². The molecular weight excluding hydrogens is 895 g/mol. The number of carbonyl (C=O) groups is 6. The summed E-state index contributed by atoms with van der Waals surface area (Å²) in [4.78, 5) is 102. The highest BCUT2D eigenvalue weighted by molar-refractivity contribution is 5.97. The highest BCUT2D eigenvalue weighted by Crippen LogP contribution is 2.21. The number of nitrogens with zero attached hydrogens (tertiary/aromatic N) is 2. The summed E-state index contributed by atoms with van der Waals surface area (Å²) in [5, 5.41) is 15.7. The fourth-order valence-corrected chi connectivity index (χ4v) is 8.16. The summed E-state index contributed by atoms with van der Waals surface area (Å²) >= 11 is 0. The highest BCUT2D eigenvalue weighted by atomic mass is 16.2. The van der Waals surface area contributed by atoms with Crippen LogP contribution in [0.25, 0.3) is 21.8 Å². The van der Waals surface area contributed by atoms with Crippen LogP contribution >= 0.6 is 0 Å². The van der Waals surface area contributed by atoms with Gasteiger partial charge >= 0.3 is 0 Å². The average molecular weight is 958 g/mol. The zero-order valence-corrected chi connectivity index (χ0v) is 38.8. The predicted octanol–water partition coefficient (Wildman–Crippen LogP) is 0.0621. The molecule has 6 aromatic rings. The molecule has 18 N–H and O–H groups in total. The van der Waals surface area contributed by atoms with Crippen LogP contribution in [0.2, 0.25) is 0 Å². The zero-order chi connectivity index (χ0) is 50.0. The predicted molar refractivity (Wildman–Crippen MR) is 266 cm³/mol. The van der Waals surface area contributed by atoms with E-state index in [9.17, 15) is 28.8 Å². The Morgan fingerprint density at radius 1 is 0.557 bits per heavy atom. The van der Waals surface area contributed by atoms with Gasteiger partial charge < -0.3 is 70.2 Å². The van der Waals surface area contributed by atoms with Gasteiger partial charge in [-0.1, -0.05) is 66.7 Å². The van der Waals surface area contributed by atoms with E-state index in [-0.39, 0.29) is 57.5 Å². The van der Waals surface area contributed by atoms with E-state index >= 15 is 0 Å². The molecule has 0 spiro atoms. The van der Waals surface area contributed by atoms with E-state index in [1.807, 2.05) is 54.6 Å². The molecule has 0 aliphatic heterocycles. The Bertz CT molecular complexity index is 2710. The summed E-state index contributed by atoms with van der Waals surface area (Å²) < 4.78 is 0. The summed E-state index contributed by atoms with van der Waals surface area (Å²) in [6.07, 6.45) is 8.18. The number of H-pyrrole nitrogens is 3. The van der Waals surface area contributed by atoms with Crippen LogP contribution in [0.3, 0.4) is 0 Å². The Hall–Kier alpha value is -8.04. The van der Waals surface area contributed by atoms with E-state index in [0.717, 1.165) is 21.8 Å². The number of aromatic nitrogens is 4. The van der Waals surface area contributed by atoms with Crippen molar-refractivity contribution in [2.24, 2.45) is 33.7 Å². The minimum absolute atomic E-state index is 0.000563. The number of fused-ring (bicyclic) bond motifs is 2. The number of guanidine groups is 1. The molecule has 6 amide bonds. The monoisotopic (exact) mass is 958 g/mol. The fourth-order valence-electron chi connectivity index (χ4n) is 8.16. The average Bonchev–Trinajstić information content (AvgIpc) is 4.12. The number of aliphatic imine (C=N–C) groups is 1. The topological polar surface area (TPSA) is 365 Å².